The number of sulfonamides is 1. The monoisotopic (exact) mass is 387 g/mol. The molecule has 0 aromatic heterocycles. The molecular formula is C20H18ClNO3S. The Labute approximate surface area is 158 Å². The molecule has 0 fully saturated rings. The summed E-state index contributed by atoms with van der Waals surface area (Å²) in [5, 5.41) is 1.97. The summed E-state index contributed by atoms with van der Waals surface area (Å²) in [5.74, 6) is 0.965. The van der Waals surface area contributed by atoms with E-state index in [-0.39, 0.29) is 0 Å². The van der Waals surface area contributed by atoms with Crippen molar-refractivity contribution in [2.24, 2.45) is 0 Å². The molecule has 1 heterocycles. The summed E-state index contributed by atoms with van der Waals surface area (Å²) in [7, 11) is -3.72. The van der Waals surface area contributed by atoms with Crippen molar-refractivity contribution in [1.29, 1.82) is 0 Å². The van der Waals surface area contributed by atoms with E-state index in [0.29, 0.717) is 35.8 Å². The van der Waals surface area contributed by atoms with E-state index in [1.807, 2.05) is 54.6 Å². The molecule has 4 nitrogen and oxygen atoms in total. The quantitative estimate of drug-likeness (QED) is 0.589. The van der Waals surface area contributed by atoms with Crippen LogP contribution in [0.3, 0.4) is 0 Å². The molecule has 3 aromatic carbocycles. The third-order valence-electron chi connectivity index (χ3n) is 4.46. The van der Waals surface area contributed by atoms with Gasteiger partial charge in [-0.3, -0.25) is 0 Å². The number of para-hydroxylation sites is 1. The number of nitrogens with zero attached hydrogens (tertiary/aromatic N) is 1. The molecule has 1 atom stereocenters. The Morgan fingerprint density at radius 2 is 1.62 bits per heavy atom. The van der Waals surface area contributed by atoms with Crippen LogP contribution >= 0.6 is 11.6 Å². The largest absolute Gasteiger partial charge is 0.470 e. The molecule has 0 aliphatic carbocycles. The van der Waals surface area contributed by atoms with Crippen LogP contribution in [0.25, 0.3) is 10.8 Å². The van der Waals surface area contributed by atoms with Crippen molar-refractivity contribution in [1.82, 2.24) is 0 Å². The Morgan fingerprint density at radius 1 is 0.962 bits per heavy atom. The Bertz CT molecular complexity index is 1040. The van der Waals surface area contributed by atoms with Gasteiger partial charge in [-0.15, -0.1) is 11.6 Å². The number of hydrogen-bond donors (Lipinski definition) is 0. The van der Waals surface area contributed by atoms with Crippen molar-refractivity contribution in [2.45, 2.75) is 18.3 Å². The molecule has 26 heavy (non-hydrogen) atoms. The van der Waals surface area contributed by atoms with Crippen molar-refractivity contribution in [3.05, 3.63) is 66.7 Å². The van der Waals surface area contributed by atoms with E-state index >= 15 is 0 Å². The minimum Gasteiger partial charge on any atom is -0.470 e. The van der Waals surface area contributed by atoms with Crippen LogP contribution in [0.4, 0.5) is 11.4 Å². The van der Waals surface area contributed by atoms with Crippen LogP contribution in [0.15, 0.2) is 66.7 Å². The highest BCUT2D eigenvalue weighted by atomic mass is 35.5. The lowest BCUT2D eigenvalue weighted by molar-refractivity contribution is 0.257. The van der Waals surface area contributed by atoms with Gasteiger partial charge in [0.1, 0.15) is 5.75 Å². The van der Waals surface area contributed by atoms with E-state index in [9.17, 15) is 8.42 Å². The van der Waals surface area contributed by atoms with Crippen LogP contribution < -0.4 is 9.04 Å². The maximum atomic E-state index is 13.3. The van der Waals surface area contributed by atoms with Crippen molar-refractivity contribution in [3.8, 4) is 5.75 Å². The van der Waals surface area contributed by atoms with Crippen molar-refractivity contribution < 1.29 is 13.2 Å². The predicted molar refractivity (Wildman–Crippen MR) is 106 cm³/mol. The van der Waals surface area contributed by atoms with Crippen LogP contribution in [0.5, 0.6) is 5.75 Å². The summed E-state index contributed by atoms with van der Waals surface area (Å²) < 4.78 is 33.9. The second-order valence-corrected chi connectivity index (χ2v) is 8.49. The van der Waals surface area contributed by atoms with Gasteiger partial charge in [-0.05, 0) is 41.5 Å². The lowest BCUT2D eigenvalue weighted by Crippen LogP contribution is -2.43. The summed E-state index contributed by atoms with van der Waals surface area (Å²) in [4.78, 5) is 0. The van der Waals surface area contributed by atoms with Gasteiger partial charge in [0.2, 0.25) is 5.44 Å². The van der Waals surface area contributed by atoms with Gasteiger partial charge in [-0.1, -0.05) is 42.5 Å². The predicted octanol–water partition coefficient (Wildman–Crippen LogP) is 5.05. The SMILES string of the molecule is O=S1(=O)C(CCCCl)Oc2cc3ccccc3cc2N1c1ccccc1. The van der Waals surface area contributed by atoms with E-state index in [1.165, 1.54) is 4.31 Å². The molecule has 0 radical (unpaired) electrons. The highest BCUT2D eigenvalue weighted by Crippen LogP contribution is 2.44. The number of alkyl halides is 1. The van der Waals surface area contributed by atoms with Crippen LogP contribution in [0.1, 0.15) is 12.8 Å². The lowest BCUT2D eigenvalue weighted by atomic mass is 10.1. The first-order chi connectivity index (χ1) is 12.6. The van der Waals surface area contributed by atoms with E-state index in [1.54, 1.807) is 12.1 Å². The Kier molecular flexibility index (Phi) is 4.51. The van der Waals surface area contributed by atoms with Gasteiger partial charge < -0.3 is 4.74 Å². The highest BCUT2D eigenvalue weighted by Gasteiger charge is 2.41. The lowest BCUT2D eigenvalue weighted by Gasteiger charge is -2.36. The summed E-state index contributed by atoms with van der Waals surface area (Å²) in [6.07, 6.45) is 0.915. The Balaban J connectivity index is 1.93. The molecule has 0 N–H and O–H groups in total. The van der Waals surface area contributed by atoms with E-state index < -0.39 is 15.5 Å². The number of halogens is 1. The van der Waals surface area contributed by atoms with E-state index in [0.717, 1.165) is 10.8 Å². The summed E-state index contributed by atoms with van der Waals surface area (Å²) in [6, 6.07) is 20.7. The molecule has 0 bridgehead atoms. The maximum Gasteiger partial charge on any atom is 0.277 e. The molecular weight excluding hydrogens is 370 g/mol. The first-order valence-electron chi connectivity index (χ1n) is 8.46. The topological polar surface area (TPSA) is 46.6 Å². The molecule has 0 saturated carbocycles. The normalized spacial score (nSPS) is 18.3. The minimum atomic E-state index is -3.72. The number of anilines is 2. The van der Waals surface area contributed by atoms with Gasteiger partial charge in [0, 0.05) is 12.3 Å². The standard InChI is InChI=1S/C20H18ClNO3S/c21-12-6-11-20-25-19-14-16-8-5-4-7-15(16)13-18(19)22(26(20,23)24)17-9-2-1-3-10-17/h1-5,7-10,13-14,20H,6,11-12H2. The molecule has 3 aromatic rings. The van der Waals surface area contributed by atoms with Gasteiger partial charge in [-0.2, -0.15) is 0 Å². The molecule has 0 spiro atoms. The van der Waals surface area contributed by atoms with Crippen molar-refractivity contribution in [3.63, 3.8) is 0 Å². The van der Waals surface area contributed by atoms with E-state index in [4.69, 9.17) is 16.3 Å². The van der Waals surface area contributed by atoms with Gasteiger partial charge in [-0.25, -0.2) is 12.7 Å². The smallest absolute Gasteiger partial charge is 0.277 e. The number of benzene rings is 3. The van der Waals surface area contributed by atoms with Crippen molar-refractivity contribution in [2.75, 3.05) is 10.2 Å². The zero-order valence-corrected chi connectivity index (χ0v) is 15.6. The van der Waals surface area contributed by atoms with Crippen LogP contribution in [0, 0.1) is 0 Å². The zero-order chi connectivity index (χ0) is 18.1. The van der Waals surface area contributed by atoms with Gasteiger partial charge in [0.05, 0.1) is 11.4 Å². The fraction of sp³-hybridized carbons (Fsp3) is 0.200. The summed E-state index contributed by atoms with van der Waals surface area (Å²) >= 11 is 5.78. The maximum absolute atomic E-state index is 13.3. The average Bonchev–Trinajstić information content (AvgIpc) is 2.65. The molecule has 4 rings (SSSR count). The summed E-state index contributed by atoms with van der Waals surface area (Å²) in [5.41, 5.74) is 0.190. The minimum absolute atomic E-state index is 0.349. The molecule has 134 valence electrons. The fourth-order valence-electron chi connectivity index (χ4n) is 3.22. The first-order valence-corrected chi connectivity index (χ1v) is 10.5. The van der Waals surface area contributed by atoms with Crippen LogP contribution in [0.2, 0.25) is 0 Å². The fourth-order valence-corrected chi connectivity index (χ4v) is 5.13. The Morgan fingerprint density at radius 3 is 2.31 bits per heavy atom. The summed E-state index contributed by atoms with van der Waals surface area (Å²) in [6.45, 7) is 0. The number of fused-ring (bicyclic) bond motifs is 2. The van der Waals surface area contributed by atoms with Gasteiger partial charge in [0.25, 0.3) is 10.0 Å². The Hall–Kier alpha value is -2.24. The average molecular weight is 388 g/mol. The third kappa shape index (κ3) is 2.91. The molecule has 1 unspecified atom stereocenters. The molecule has 0 amide bonds. The second kappa shape index (κ2) is 6.82. The third-order valence-corrected chi connectivity index (χ3v) is 6.64. The van der Waals surface area contributed by atoms with Crippen LogP contribution in [-0.4, -0.2) is 19.7 Å². The van der Waals surface area contributed by atoms with Gasteiger partial charge >= 0.3 is 0 Å². The molecule has 1 aliphatic rings. The van der Waals surface area contributed by atoms with Crippen LogP contribution in [-0.2, 0) is 10.0 Å². The van der Waals surface area contributed by atoms with Crippen molar-refractivity contribution >= 4 is 43.8 Å². The first kappa shape index (κ1) is 17.2. The zero-order valence-electron chi connectivity index (χ0n) is 14.0. The molecule has 6 heteroatoms. The second-order valence-electron chi connectivity index (χ2n) is 6.19. The number of hydrogen-bond acceptors (Lipinski definition) is 3. The molecule has 1 aliphatic heterocycles. The number of rotatable bonds is 4. The van der Waals surface area contributed by atoms with Gasteiger partial charge in [0.15, 0.2) is 0 Å². The number of ether oxygens (including phenoxy) is 1. The highest BCUT2D eigenvalue weighted by molar-refractivity contribution is 7.93. The molecule has 0 saturated heterocycles. The van der Waals surface area contributed by atoms with E-state index in [2.05, 4.69) is 0 Å².